The lowest BCUT2D eigenvalue weighted by atomic mass is 9.98. The zero-order valence-corrected chi connectivity index (χ0v) is 10.5. The topological polar surface area (TPSA) is 51.2 Å². The van der Waals surface area contributed by atoms with Gasteiger partial charge in [-0.3, -0.25) is 0 Å². The van der Waals surface area contributed by atoms with Crippen LogP contribution in [0.15, 0.2) is 23.1 Å². The van der Waals surface area contributed by atoms with Crippen molar-refractivity contribution in [3.63, 3.8) is 0 Å². The molecule has 0 aliphatic rings. The van der Waals surface area contributed by atoms with Crippen molar-refractivity contribution in [2.75, 3.05) is 6.26 Å². The van der Waals surface area contributed by atoms with E-state index in [9.17, 15) is 13.2 Å². The third-order valence-corrected chi connectivity index (χ3v) is 3.87. The lowest BCUT2D eigenvalue weighted by Gasteiger charge is -2.11. The molecule has 1 aromatic carbocycles. The molecule has 0 aliphatic heterocycles. The summed E-state index contributed by atoms with van der Waals surface area (Å²) in [5.41, 5.74) is 1.63. The highest BCUT2D eigenvalue weighted by atomic mass is 32.2. The summed E-state index contributed by atoms with van der Waals surface area (Å²) in [4.78, 5) is 10.8. The summed E-state index contributed by atoms with van der Waals surface area (Å²) in [7, 11) is -3.19. The van der Waals surface area contributed by atoms with E-state index in [1.165, 1.54) is 6.26 Å². The summed E-state index contributed by atoms with van der Waals surface area (Å²) >= 11 is 0. The number of aryl methyl sites for hydroxylation is 1. The van der Waals surface area contributed by atoms with E-state index in [2.05, 4.69) is 0 Å². The summed E-state index contributed by atoms with van der Waals surface area (Å²) in [5, 5.41) is 0. The molecule has 0 N–H and O–H groups in total. The molecule has 1 rings (SSSR count). The van der Waals surface area contributed by atoms with Crippen LogP contribution in [-0.2, 0) is 14.6 Å². The number of hydrogen-bond donors (Lipinski definition) is 0. The van der Waals surface area contributed by atoms with Gasteiger partial charge in [0.15, 0.2) is 9.84 Å². The van der Waals surface area contributed by atoms with Crippen molar-refractivity contribution in [3.8, 4) is 0 Å². The Labute approximate surface area is 96.4 Å². The van der Waals surface area contributed by atoms with Crippen molar-refractivity contribution >= 4 is 16.1 Å². The minimum atomic E-state index is -3.19. The van der Waals surface area contributed by atoms with Crippen LogP contribution in [0.3, 0.4) is 0 Å². The van der Waals surface area contributed by atoms with E-state index in [0.717, 1.165) is 17.4 Å². The molecule has 1 unspecified atom stereocenters. The summed E-state index contributed by atoms with van der Waals surface area (Å²) in [6.07, 6.45) is 2.46. The van der Waals surface area contributed by atoms with Crippen LogP contribution in [0, 0.1) is 6.92 Å². The van der Waals surface area contributed by atoms with Gasteiger partial charge in [0.05, 0.1) is 4.90 Å². The van der Waals surface area contributed by atoms with Crippen LogP contribution in [0.4, 0.5) is 0 Å². The fourth-order valence-electron chi connectivity index (χ4n) is 1.60. The average molecular weight is 240 g/mol. The quantitative estimate of drug-likeness (QED) is 0.757. The molecule has 0 aromatic heterocycles. The Hall–Kier alpha value is -1.16. The Balaban J connectivity index is 3.22. The summed E-state index contributed by atoms with van der Waals surface area (Å²) < 4.78 is 23.0. The average Bonchev–Trinajstić information content (AvgIpc) is 2.16. The fourth-order valence-corrected chi connectivity index (χ4v) is 2.61. The predicted molar refractivity (Wildman–Crippen MR) is 63.4 cm³/mol. The van der Waals surface area contributed by atoms with Crippen molar-refractivity contribution in [2.45, 2.75) is 31.1 Å². The molecule has 1 aromatic rings. The normalized spacial score (nSPS) is 13.4. The molecule has 0 aliphatic carbocycles. The van der Waals surface area contributed by atoms with Crippen molar-refractivity contribution in [1.82, 2.24) is 0 Å². The van der Waals surface area contributed by atoms with Crippen LogP contribution in [0.5, 0.6) is 0 Å². The second kappa shape index (κ2) is 4.78. The minimum Gasteiger partial charge on any atom is -0.303 e. The molecule has 0 heterocycles. The van der Waals surface area contributed by atoms with Crippen molar-refractivity contribution < 1.29 is 13.2 Å². The first kappa shape index (κ1) is 12.9. The Bertz CT molecular complexity index is 489. The molecule has 4 heteroatoms. The third kappa shape index (κ3) is 2.92. The Kier molecular flexibility index (Phi) is 3.86. The largest absolute Gasteiger partial charge is 0.303 e. The highest BCUT2D eigenvalue weighted by Crippen LogP contribution is 2.23. The van der Waals surface area contributed by atoms with Crippen LogP contribution in [0.2, 0.25) is 0 Å². The smallest absolute Gasteiger partial charge is 0.175 e. The zero-order chi connectivity index (χ0) is 12.3. The number of carbonyl (C=O) groups is 1. The Morgan fingerprint density at radius 2 is 2.00 bits per heavy atom. The maximum absolute atomic E-state index is 11.5. The first-order valence-electron chi connectivity index (χ1n) is 5.10. The SMILES string of the molecule is Cc1ccc(C(C)CC=O)cc1S(C)(=O)=O. The van der Waals surface area contributed by atoms with E-state index in [0.29, 0.717) is 11.3 Å². The van der Waals surface area contributed by atoms with Crippen LogP contribution in [0.25, 0.3) is 0 Å². The molecule has 16 heavy (non-hydrogen) atoms. The van der Waals surface area contributed by atoms with E-state index in [1.54, 1.807) is 19.1 Å². The molecule has 0 saturated carbocycles. The summed E-state index contributed by atoms with van der Waals surface area (Å²) in [5.74, 6) is 0.0543. The van der Waals surface area contributed by atoms with Gasteiger partial charge in [0.25, 0.3) is 0 Å². The third-order valence-electron chi connectivity index (χ3n) is 2.63. The lowest BCUT2D eigenvalue weighted by Crippen LogP contribution is -2.03. The van der Waals surface area contributed by atoms with Gasteiger partial charge >= 0.3 is 0 Å². The molecule has 0 amide bonds. The second-order valence-electron chi connectivity index (χ2n) is 4.10. The molecule has 0 radical (unpaired) electrons. The molecule has 0 bridgehead atoms. The van der Waals surface area contributed by atoms with Crippen LogP contribution in [0.1, 0.15) is 30.4 Å². The molecule has 88 valence electrons. The molecule has 3 nitrogen and oxygen atoms in total. The van der Waals surface area contributed by atoms with E-state index < -0.39 is 9.84 Å². The predicted octanol–water partition coefficient (Wildman–Crippen LogP) is 2.09. The zero-order valence-electron chi connectivity index (χ0n) is 9.73. The van der Waals surface area contributed by atoms with Gasteiger partial charge in [-0.1, -0.05) is 19.1 Å². The first-order valence-corrected chi connectivity index (χ1v) is 6.99. The van der Waals surface area contributed by atoms with Gasteiger partial charge in [0.1, 0.15) is 6.29 Å². The van der Waals surface area contributed by atoms with Crippen LogP contribution < -0.4 is 0 Å². The molecule has 0 fully saturated rings. The van der Waals surface area contributed by atoms with Gasteiger partial charge in [-0.25, -0.2) is 8.42 Å². The number of rotatable bonds is 4. The number of aldehydes is 1. The monoisotopic (exact) mass is 240 g/mol. The second-order valence-corrected chi connectivity index (χ2v) is 6.08. The van der Waals surface area contributed by atoms with Crippen LogP contribution >= 0.6 is 0 Å². The van der Waals surface area contributed by atoms with Gasteiger partial charge in [-0.05, 0) is 30.0 Å². The summed E-state index contributed by atoms with van der Waals surface area (Å²) in [6, 6.07) is 5.32. The lowest BCUT2D eigenvalue weighted by molar-refractivity contribution is -0.108. The fraction of sp³-hybridized carbons (Fsp3) is 0.417. The molecule has 1 atom stereocenters. The van der Waals surface area contributed by atoms with Gasteiger partial charge in [-0.15, -0.1) is 0 Å². The maximum atomic E-state index is 11.5. The molecular formula is C12H16O3S. The summed E-state index contributed by atoms with van der Waals surface area (Å²) in [6.45, 7) is 3.68. The molecule has 0 saturated heterocycles. The minimum absolute atomic E-state index is 0.0543. The highest BCUT2D eigenvalue weighted by Gasteiger charge is 2.13. The van der Waals surface area contributed by atoms with E-state index in [1.807, 2.05) is 13.0 Å². The van der Waals surface area contributed by atoms with Crippen LogP contribution in [-0.4, -0.2) is 21.0 Å². The number of hydrogen-bond acceptors (Lipinski definition) is 3. The van der Waals surface area contributed by atoms with Gasteiger partial charge in [0.2, 0.25) is 0 Å². The highest BCUT2D eigenvalue weighted by molar-refractivity contribution is 7.90. The number of carbonyl (C=O) groups excluding carboxylic acids is 1. The van der Waals surface area contributed by atoms with E-state index in [-0.39, 0.29) is 5.92 Å². The van der Waals surface area contributed by atoms with Crippen molar-refractivity contribution in [3.05, 3.63) is 29.3 Å². The van der Waals surface area contributed by atoms with Gasteiger partial charge in [-0.2, -0.15) is 0 Å². The molecular weight excluding hydrogens is 224 g/mol. The Morgan fingerprint density at radius 1 is 1.38 bits per heavy atom. The maximum Gasteiger partial charge on any atom is 0.175 e. The Morgan fingerprint density at radius 3 is 2.50 bits per heavy atom. The van der Waals surface area contributed by atoms with Crippen molar-refractivity contribution in [2.24, 2.45) is 0 Å². The van der Waals surface area contributed by atoms with Crippen molar-refractivity contribution in [1.29, 1.82) is 0 Å². The number of benzene rings is 1. The standard InChI is InChI=1S/C12H16O3S/c1-9(6-7-13)11-5-4-10(2)12(8-11)16(3,14)15/h4-5,7-9H,6H2,1-3H3. The van der Waals surface area contributed by atoms with Gasteiger partial charge < -0.3 is 4.79 Å². The van der Waals surface area contributed by atoms with Gasteiger partial charge in [0, 0.05) is 12.7 Å². The van der Waals surface area contributed by atoms with E-state index >= 15 is 0 Å². The first-order chi connectivity index (χ1) is 7.36. The van der Waals surface area contributed by atoms with E-state index in [4.69, 9.17) is 0 Å². The molecule has 0 spiro atoms. The number of sulfone groups is 1.